The van der Waals surface area contributed by atoms with E-state index in [2.05, 4.69) is 15.4 Å². The summed E-state index contributed by atoms with van der Waals surface area (Å²) in [7, 11) is 1.82. The predicted molar refractivity (Wildman–Crippen MR) is 68.2 cm³/mol. The highest BCUT2D eigenvalue weighted by atomic mass is 19.4. The van der Waals surface area contributed by atoms with Crippen LogP contribution in [-0.2, 0) is 13.5 Å². The van der Waals surface area contributed by atoms with E-state index in [1.807, 2.05) is 7.05 Å². The second-order valence-corrected chi connectivity index (χ2v) is 5.20. The Bertz CT molecular complexity index is 409. The molecule has 1 aliphatic rings. The van der Waals surface area contributed by atoms with E-state index in [0.717, 1.165) is 31.6 Å². The molecular formula is C12H20F3N5. The van der Waals surface area contributed by atoms with Crippen molar-refractivity contribution in [3.8, 4) is 0 Å². The Morgan fingerprint density at radius 2 is 2.05 bits per heavy atom. The van der Waals surface area contributed by atoms with Crippen LogP contribution in [0.25, 0.3) is 0 Å². The van der Waals surface area contributed by atoms with Crippen LogP contribution in [-0.4, -0.2) is 58.1 Å². The molecule has 0 aliphatic carbocycles. The average molecular weight is 291 g/mol. The van der Waals surface area contributed by atoms with Gasteiger partial charge in [-0.2, -0.15) is 18.3 Å². The molecule has 1 aromatic heterocycles. The van der Waals surface area contributed by atoms with Gasteiger partial charge in [0.25, 0.3) is 0 Å². The first-order valence-corrected chi connectivity index (χ1v) is 6.79. The number of hydrogen-bond acceptors (Lipinski definition) is 4. The zero-order chi connectivity index (χ0) is 14.6. The average Bonchev–Trinajstić information content (AvgIpc) is 2.75. The fourth-order valence-corrected chi connectivity index (χ4v) is 2.44. The summed E-state index contributed by atoms with van der Waals surface area (Å²) in [5.74, 6) is 0.787. The Morgan fingerprint density at radius 3 is 2.60 bits per heavy atom. The molecule has 8 heteroatoms. The van der Waals surface area contributed by atoms with Crippen molar-refractivity contribution in [2.24, 2.45) is 7.05 Å². The van der Waals surface area contributed by atoms with Crippen molar-refractivity contribution in [1.82, 2.24) is 25.0 Å². The fraction of sp³-hybridized carbons (Fsp3) is 0.833. The normalized spacial score (nSPS) is 18.6. The molecule has 1 aromatic rings. The molecule has 0 amide bonds. The van der Waals surface area contributed by atoms with E-state index in [1.165, 1.54) is 4.90 Å². The van der Waals surface area contributed by atoms with Crippen molar-refractivity contribution in [3.05, 3.63) is 12.2 Å². The number of rotatable bonds is 5. The number of hydrogen-bond donors (Lipinski definition) is 1. The summed E-state index contributed by atoms with van der Waals surface area (Å²) in [6, 6.07) is 0.295. The Hall–Kier alpha value is -1.15. The molecule has 0 aromatic carbocycles. The van der Waals surface area contributed by atoms with Crippen molar-refractivity contribution >= 4 is 0 Å². The number of aromatic nitrogens is 3. The van der Waals surface area contributed by atoms with Crippen LogP contribution < -0.4 is 5.32 Å². The Balaban J connectivity index is 1.62. The highest BCUT2D eigenvalue weighted by Crippen LogP contribution is 2.19. The molecule has 1 fully saturated rings. The highest BCUT2D eigenvalue weighted by molar-refractivity contribution is 4.84. The minimum absolute atomic E-state index is 0.295. The van der Waals surface area contributed by atoms with E-state index in [0.29, 0.717) is 19.1 Å². The SMILES string of the molecule is Cn1cnc(CCNC2CCN(CC(F)(F)F)CC2)n1. The molecule has 1 saturated heterocycles. The summed E-state index contributed by atoms with van der Waals surface area (Å²) in [6.45, 7) is 0.962. The van der Waals surface area contributed by atoms with E-state index in [4.69, 9.17) is 0 Å². The van der Waals surface area contributed by atoms with Crippen LogP contribution in [0.5, 0.6) is 0 Å². The molecule has 0 atom stereocenters. The van der Waals surface area contributed by atoms with Gasteiger partial charge in [-0.3, -0.25) is 9.58 Å². The molecule has 0 spiro atoms. The van der Waals surface area contributed by atoms with Gasteiger partial charge < -0.3 is 5.32 Å². The van der Waals surface area contributed by atoms with Crippen molar-refractivity contribution in [2.75, 3.05) is 26.2 Å². The van der Waals surface area contributed by atoms with Gasteiger partial charge in [-0.05, 0) is 25.9 Å². The second-order valence-electron chi connectivity index (χ2n) is 5.20. The number of aryl methyl sites for hydroxylation is 1. The van der Waals surface area contributed by atoms with Gasteiger partial charge in [-0.1, -0.05) is 0 Å². The van der Waals surface area contributed by atoms with E-state index >= 15 is 0 Å². The Labute approximate surface area is 116 Å². The molecule has 2 rings (SSSR count). The molecule has 1 aliphatic heterocycles. The quantitative estimate of drug-likeness (QED) is 0.878. The van der Waals surface area contributed by atoms with E-state index < -0.39 is 12.7 Å². The van der Waals surface area contributed by atoms with E-state index in [1.54, 1.807) is 11.0 Å². The summed E-state index contributed by atoms with van der Waals surface area (Å²) in [5, 5.41) is 7.54. The van der Waals surface area contributed by atoms with Crippen molar-refractivity contribution in [3.63, 3.8) is 0 Å². The summed E-state index contributed by atoms with van der Waals surface area (Å²) < 4.78 is 38.4. The maximum Gasteiger partial charge on any atom is 0.401 e. The van der Waals surface area contributed by atoms with Crippen LogP contribution in [0.2, 0.25) is 0 Å². The maximum atomic E-state index is 12.3. The highest BCUT2D eigenvalue weighted by Gasteiger charge is 2.32. The summed E-state index contributed by atoms with van der Waals surface area (Å²) in [5.41, 5.74) is 0. The molecule has 5 nitrogen and oxygen atoms in total. The van der Waals surface area contributed by atoms with Gasteiger partial charge >= 0.3 is 6.18 Å². The number of likely N-dealkylation sites (tertiary alicyclic amines) is 1. The topological polar surface area (TPSA) is 46.0 Å². The number of nitrogens with zero attached hydrogens (tertiary/aromatic N) is 4. The summed E-state index contributed by atoms with van der Waals surface area (Å²) >= 11 is 0. The lowest BCUT2D eigenvalue weighted by atomic mass is 10.0. The zero-order valence-electron chi connectivity index (χ0n) is 11.5. The first kappa shape index (κ1) is 15.2. The molecule has 0 bridgehead atoms. The van der Waals surface area contributed by atoms with Gasteiger partial charge in [-0.15, -0.1) is 0 Å². The minimum Gasteiger partial charge on any atom is -0.313 e. The van der Waals surface area contributed by atoms with Crippen LogP contribution in [0.3, 0.4) is 0 Å². The monoisotopic (exact) mass is 291 g/mol. The lowest BCUT2D eigenvalue weighted by Gasteiger charge is -2.32. The van der Waals surface area contributed by atoms with Gasteiger partial charge in [0.05, 0.1) is 6.54 Å². The lowest BCUT2D eigenvalue weighted by Crippen LogP contribution is -2.45. The largest absolute Gasteiger partial charge is 0.401 e. The first-order valence-electron chi connectivity index (χ1n) is 6.79. The van der Waals surface area contributed by atoms with Crippen LogP contribution in [0.15, 0.2) is 6.33 Å². The Morgan fingerprint density at radius 1 is 1.35 bits per heavy atom. The molecular weight excluding hydrogens is 271 g/mol. The van der Waals surface area contributed by atoms with Crippen LogP contribution in [0.4, 0.5) is 13.2 Å². The third kappa shape index (κ3) is 5.09. The molecule has 0 radical (unpaired) electrons. The number of halogens is 3. The Kier molecular flexibility index (Phi) is 4.98. The van der Waals surface area contributed by atoms with E-state index in [9.17, 15) is 13.2 Å². The van der Waals surface area contributed by atoms with Crippen molar-refractivity contribution < 1.29 is 13.2 Å². The predicted octanol–water partition coefficient (Wildman–Crippen LogP) is 0.974. The zero-order valence-corrected chi connectivity index (χ0v) is 11.5. The molecule has 0 unspecified atom stereocenters. The standard InChI is InChI=1S/C12H20F3N5/c1-19-9-17-11(18-19)2-5-16-10-3-6-20(7-4-10)8-12(13,14)15/h9-10,16H,2-8H2,1H3. The number of piperidine rings is 1. The molecule has 1 N–H and O–H groups in total. The van der Waals surface area contributed by atoms with E-state index in [-0.39, 0.29) is 0 Å². The van der Waals surface area contributed by atoms with Gasteiger partial charge in [0, 0.05) is 26.1 Å². The van der Waals surface area contributed by atoms with Crippen LogP contribution in [0.1, 0.15) is 18.7 Å². The van der Waals surface area contributed by atoms with Gasteiger partial charge in [-0.25, -0.2) is 4.98 Å². The van der Waals surface area contributed by atoms with Gasteiger partial charge in [0.15, 0.2) is 5.82 Å². The number of alkyl halides is 3. The smallest absolute Gasteiger partial charge is 0.313 e. The summed E-state index contributed by atoms with van der Waals surface area (Å²) in [6.07, 6.45) is -0.184. The molecule has 20 heavy (non-hydrogen) atoms. The number of nitrogens with one attached hydrogen (secondary N) is 1. The lowest BCUT2D eigenvalue weighted by molar-refractivity contribution is -0.148. The van der Waals surface area contributed by atoms with Crippen molar-refractivity contribution in [1.29, 1.82) is 0 Å². The molecule has 0 saturated carbocycles. The minimum atomic E-state index is -4.09. The molecule has 2 heterocycles. The third-order valence-electron chi connectivity index (χ3n) is 3.42. The van der Waals surface area contributed by atoms with Gasteiger partial charge in [0.2, 0.25) is 0 Å². The fourth-order valence-electron chi connectivity index (χ4n) is 2.44. The molecule has 114 valence electrons. The van der Waals surface area contributed by atoms with Crippen molar-refractivity contribution in [2.45, 2.75) is 31.5 Å². The van der Waals surface area contributed by atoms with Gasteiger partial charge in [0.1, 0.15) is 6.33 Å². The van der Waals surface area contributed by atoms with Crippen LogP contribution >= 0.6 is 0 Å². The third-order valence-corrected chi connectivity index (χ3v) is 3.42. The maximum absolute atomic E-state index is 12.3. The first-order chi connectivity index (χ1) is 9.42. The summed E-state index contributed by atoms with van der Waals surface area (Å²) in [4.78, 5) is 5.60. The van der Waals surface area contributed by atoms with Crippen LogP contribution in [0, 0.1) is 0 Å². The second kappa shape index (κ2) is 6.53.